The van der Waals surface area contributed by atoms with Crippen LogP contribution >= 0.6 is 0 Å². The third-order valence-electron chi connectivity index (χ3n) is 14.6. The zero-order valence-corrected chi connectivity index (χ0v) is 52.4. The summed E-state index contributed by atoms with van der Waals surface area (Å²) in [7, 11) is 0. The van der Waals surface area contributed by atoms with Gasteiger partial charge < -0.3 is 79.5 Å². The number of carboxylic acids is 10. The number of aromatic carboxylic acids is 10. The Morgan fingerprint density at radius 1 is 0.231 bits per heavy atom. The van der Waals surface area contributed by atoms with E-state index in [2.05, 4.69) is 0 Å². The highest BCUT2D eigenvalue weighted by Gasteiger charge is 2.48. The normalized spacial score (nSPS) is 11.7. The molecular weight excluding hydrogens is 1380 g/mol. The van der Waals surface area contributed by atoms with E-state index in [-0.39, 0.29) is 5.56 Å². The fraction of sp³-hybridized carbons (Fsp3) is 0.0845. The molecule has 0 aliphatic heterocycles. The number of carbonyl (C=O) groups is 17. The highest BCUT2D eigenvalue weighted by molar-refractivity contribution is 6.22. The fourth-order valence-corrected chi connectivity index (χ4v) is 9.87. The van der Waals surface area contributed by atoms with Gasteiger partial charge in [-0.25, -0.2) is 76.7 Å². The quantitative estimate of drug-likeness (QED) is 0.0123. The Hall–Kier alpha value is -15.1. The molecule has 0 fully saturated rings. The first-order valence-electron chi connectivity index (χ1n) is 29.2. The molecule has 0 bridgehead atoms. The second-order valence-corrected chi connectivity index (χ2v) is 20.9. The first-order chi connectivity index (χ1) is 49.4. The van der Waals surface area contributed by atoms with E-state index in [1.165, 1.54) is 84.9 Å². The van der Waals surface area contributed by atoms with Gasteiger partial charge in [-0.2, -0.15) is 0 Å². The van der Waals surface area contributed by atoms with Crippen LogP contribution in [0.4, 0.5) is 0 Å². The fourth-order valence-electron chi connectivity index (χ4n) is 9.87. The molecular formula is C71H48O33. The summed E-state index contributed by atoms with van der Waals surface area (Å²) < 4.78 is 34.2. The molecule has 8 aromatic rings. The molecule has 0 amide bonds. The zero-order valence-electron chi connectivity index (χ0n) is 52.4. The molecule has 0 heterocycles. The number of carboxylic acid groups (broad SMARTS) is 10. The maximum atomic E-state index is 14.6. The minimum absolute atomic E-state index is 0.0225. The number of hydrogen-bond donors (Lipinski definition) is 10. The Labute approximate surface area is 580 Å². The van der Waals surface area contributed by atoms with Gasteiger partial charge >= 0.3 is 95.5 Å². The molecule has 0 saturated heterocycles. The molecule has 104 heavy (non-hydrogen) atoms. The van der Waals surface area contributed by atoms with E-state index in [1.807, 2.05) is 0 Å². The van der Waals surface area contributed by atoms with Gasteiger partial charge in [-0.1, -0.05) is 103 Å². The molecule has 8 rings (SSSR count). The Morgan fingerprint density at radius 2 is 0.452 bits per heavy atom. The second kappa shape index (κ2) is 33.9. The first kappa shape index (κ1) is 76.3. The van der Waals surface area contributed by atoms with Crippen LogP contribution in [0.3, 0.4) is 0 Å². The zero-order chi connectivity index (χ0) is 76.4. The van der Waals surface area contributed by atoms with E-state index in [0.717, 1.165) is 84.9 Å². The van der Waals surface area contributed by atoms with E-state index in [1.54, 1.807) is 6.07 Å². The Kier molecular flexibility index (Phi) is 24.9. The Bertz CT molecular complexity index is 4630. The molecule has 0 aromatic heterocycles. The maximum absolute atomic E-state index is 14.6. The molecule has 10 N–H and O–H groups in total. The van der Waals surface area contributed by atoms with Gasteiger partial charge in [0.25, 0.3) is 0 Å². The predicted molar refractivity (Wildman–Crippen MR) is 342 cm³/mol. The van der Waals surface area contributed by atoms with Gasteiger partial charge in [0.2, 0.25) is 0 Å². The van der Waals surface area contributed by atoms with Crippen LogP contribution in [-0.4, -0.2) is 190 Å². The standard InChI is InChI=1S/C54H38O24.C17H10O9/c55-43(56)27-13-1-7-19-33(27)49(67)73-25-39(75-51(69)35-21-9-3-15-29(35)45(59)60)41(77-53(71)37-23-11-5-17-31(37)47(63)64)42(78-54(72)38-24-12-6-18-32(38)48(65)66)40(76-52(70)36-22-10-4-16-30(36)46(61)62)26-74-50(68)34-20-8-2-14-28(34)44(57)58;18-13(7-4-2-1-3-5-7)8-6-9(14(19)20)11(16(23)24)12(17(25)26)10(8)15(21)22/h1-24,39-42H,25-26H2,(H,55,56)(H,57,58)(H,59,60)(H,61,62)(H,63,64)(H,65,66);1-6H,(H,19,20)(H,21,22)(H,23,24)(H,25,26)/t39-,40+,41-,42-;/m1./s1. The molecule has 530 valence electrons. The van der Waals surface area contributed by atoms with Crippen LogP contribution in [-0.2, 0) is 28.4 Å². The van der Waals surface area contributed by atoms with Crippen molar-refractivity contribution in [2.45, 2.75) is 24.4 Å². The van der Waals surface area contributed by atoms with E-state index in [0.29, 0.717) is 6.07 Å². The first-order valence-corrected chi connectivity index (χ1v) is 29.2. The lowest BCUT2D eigenvalue weighted by atomic mass is 9.88. The molecule has 33 nitrogen and oxygen atoms in total. The van der Waals surface area contributed by atoms with Crippen molar-refractivity contribution < 1.29 is 161 Å². The average Bonchev–Trinajstić information content (AvgIpc) is 0.761. The van der Waals surface area contributed by atoms with Gasteiger partial charge in [0.15, 0.2) is 30.2 Å². The van der Waals surface area contributed by atoms with Crippen LogP contribution in [0.1, 0.15) is 182 Å². The highest BCUT2D eigenvalue weighted by atomic mass is 16.7. The second-order valence-electron chi connectivity index (χ2n) is 20.9. The monoisotopic (exact) mass is 1430 g/mol. The van der Waals surface area contributed by atoms with Crippen molar-refractivity contribution in [3.8, 4) is 0 Å². The maximum Gasteiger partial charge on any atom is 0.339 e. The number of hydrogen-bond acceptors (Lipinski definition) is 23. The summed E-state index contributed by atoms with van der Waals surface area (Å²) in [6, 6.07) is 33.4. The number of benzene rings is 8. The third kappa shape index (κ3) is 18.0. The van der Waals surface area contributed by atoms with Gasteiger partial charge in [-0.15, -0.1) is 0 Å². The van der Waals surface area contributed by atoms with Crippen molar-refractivity contribution in [2.75, 3.05) is 13.2 Å². The van der Waals surface area contributed by atoms with Crippen LogP contribution in [0.5, 0.6) is 0 Å². The van der Waals surface area contributed by atoms with Crippen molar-refractivity contribution in [3.63, 3.8) is 0 Å². The van der Waals surface area contributed by atoms with Crippen LogP contribution in [0, 0.1) is 0 Å². The molecule has 0 aliphatic rings. The molecule has 0 spiro atoms. The molecule has 0 saturated carbocycles. The lowest BCUT2D eigenvalue weighted by molar-refractivity contribution is -0.138. The predicted octanol–water partition coefficient (Wildman–Crippen LogP) is 7.50. The van der Waals surface area contributed by atoms with Crippen molar-refractivity contribution in [3.05, 3.63) is 282 Å². The van der Waals surface area contributed by atoms with Gasteiger partial charge in [-0.3, -0.25) is 4.79 Å². The number of ether oxygens (including phenoxy) is 6. The molecule has 8 aromatic carbocycles. The number of ketones is 1. The van der Waals surface area contributed by atoms with Crippen LogP contribution in [0.25, 0.3) is 0 Å². The SMILES string of the molecule is O=C(O)c1cc(C(=O)c2ccccc2)c(C(=O)O)c(C(=O)O)c1C(=O)O.O=C(O)c1ccccc1C(=O)OC[C@H](OC(=O)c1ccccc1C(=O)O)[C@@H](OC(=O)c1ccccc1C(=O)O)[C@H](OC(=O)c1ccccc1C(=O)O)[C@@H](COC(=O)c1ccccc1C(=O)O)OC(=O)c1ccccc1C(=O)O. The van der Waals surface area contributed by atoms with Crippen molar-refractivity contribution in [1.29, 1.82) is 0 Å². The smallest absolute Gasteiger partial charge is 0.339 e. The Morgan fingerprint density at radius 3 is 0.702 bits per heavy atom. The van der Waals surface area contributed by atoms with E-state index in [9.17, 15) is 133 Å². The summed E-state index contributed by atoms with van der Waals surface area (Å²) in [4.78, 5) is 218. The molecule has 4 atom stereocenters. The van der Waals surface area contributed by atoms with Crippen molar-refractivity contribution in [2.24, 2.45) is 0 Å². The number of rotatable bonds is 29. The highest BCUT2D eigenvalue weighted by Crippen LogP contribution is 2.30. The lowest BCUT2D eigenvalue weighted by Gasteiger charge is -2.36. The minimum atomic E-state index is -2.79. The molecule has 0 aliphatic carbocycles. The van der Waals surface area contributed by atoms with E-state index >= 15 is 0 Å². The molecule has 0 unspecified atom stereocenters. The van der Waals surface area contributed by atoms with Gasteiger partial charge in [-0.05, 0) is 78.9 Å². The lowest BCUT2D eigenvalue weighted by Crippen LogP contribution is -2.55. The van der Waals surface area contributed by atoms with Gasteiger partial charge in [0, 0.05) is 11.1 Å². The summed E-state index contributed by atoms with van der Waals surface area (Å²) in [5.74, 6) is -28.6. The minimum Gasteiger partial charge on any atom is -0.478 e. The summed E-state index contributed by atoms with van der Waals surface area (Å²) >= 11 is 0. The molecule has 0 radical (unpaired) electrons. The van der Waals surface area contributed by atoms with Crippen LogP contribution < -0.4 is 0 Å². The van der Waals surface area contributed by atoms with Crippen molar-refractivity contribution >= 4 is 101 Å². The van der Waals surface area contributed by atoms with Crippen LogP contribution in [0.15, 0.2) is 182 Å². The van der Waals surface area contributed by atoms with Gasteiger partial charge in [0.05, 0.1) is 89.0 Å². The van der Waals surface area contributed by atoms with Gasteiger partial charge in [0.1, 0.15) is 13.2 Å². The van der Waals surface area contributed by atoms with E-state index in [4.69, 9.17) is 28.4 Å². The average molecular weight is 1430 g/mol. The largest absolute Gasteiger partial charge is 0.478 e. The summed E-state index contributed by atoms with van der Waals surface area (Å²) in [5.41, 5.74) is -14.1. The third-order valence-corrected chi connectivity index (χ3v) is 14.6. The molecule has 33 heteroatoms. The van der Waals surface area contributed by atoms with Crippen molar-refractivity contribution in [1.82, 2.24) is 0 Å². The topological polar surface area (TPSA) is 548 Å². The number of esters is 6. The summed E-state index contributed by atoms with van der Waals surface area (Å²) in [5, 5.41) is 97.2. The summed E-state index contributed by atoms with van der Waals surface area (Å²) in [6.07, 6.45) is -10.8. The Balaban J connectivity index is 0.000000487. The summed E-state index contributed by atoms with van der Waals surface area (Å²) in [6.45, 7) is -2.94. The number of carbonyl (C=O) groups excluding carboxylic acids is 7. The van der Waals surface area contributed by atoms with E-state index < -0.39 is 234 Å². The van der Waals surface area contributed by atoms with Crippen LogP contribution in [0.2, 0.25) is 0 Å².